The molecule has 0 spiro atoms. The summed E-state index contributed by atoms with van der Waals surface area (Å²) in [6, 6.07) is 1.51. The number of hydrogen-bond acceptors (Lipinski definition) is 11. The normalized spacial score (nSPS) is 12.4. The molecule has 0 aromatic carbocycles. The topological polar surface area (TPSA) is 115 Å². The van der Waals surface area contributed by atoms with E-state index in [-0.39, 0.29) is 0 Å². The Kier molecular flexibility index (Phi) is 24.3. The van der Waals surface area contributed by atoms with Gasteiger partial charge in [-0.25, -0.2) is 0 Å². The zero-order valence-electron chi connectivity index (χ0n) is 23.4. The van der Waals surface area contributed by atoms with E-state index in [0.717, 1.165) is 38.0 Å². The standard InChI is InChI=1S/C22H52N2O9PSi2/c1-7-28-35(29-8-2,30-9-3)21-13-15-23-17-19-26-34(25)27-20-18-24-16-14-22-36(31-10-4,32-11-5)33-12-6/h23-24H,7-22H2,1-6H3/q+1. The van der Waals surface area contributed by atoms with Gasteiger partial charge in [-0.2, -0.15) is 0 Å². The summed E-state index contributed by atoms with van der Waals surface area (Å²) in [5.74, 6) is 0. The molecule has 0 aromatic heterocycles. The van der Waals surface area contributed by atoms with Crippen LogP contribution in [0.4, 0.5) is 0 Å². The average molecular weight is 576 g/mol. The maximum atomic E-state index is 11.9. The lowest BCUT2D eigenvalue weighted by atomic mass is 10.5. The van der Waals surface area contributed by atoms with Crippen molar-refractivity contribution in [3.05, 3.63) is 0 Å². The first kappa shape index (κ1) is 36.1. The van der Waals surface area contributed by atoms with E-state index in [9.17, 15) is 4.57 Å². The Morgan fingerprint density at radius 1 is 0.528 bits per heavy atom. The summed E-state index contributed by atoms with van der Waals surface area (Å²) < 4.78 is 57.5. The lowest BCUT2D eigenvalue weighted by molar-refractivity contribution is 0.0700. The predicted octanol–water partition coefficient (Wildman–Crippen LogP) is 3.73. The molecule has 2 N–H and O–H groups in total. The number of hydrogen-bond donors (Lipinski definition) is 2. The van der Waals surface area contributed by atoms with Crippen LogP contribution in [0.1, 0.15) is 54.4 Å². The van der Waals surface area contributed by atoms with Gasteiger partial charge in [-0.3, -0.25) is 0 Å². The monoisotopic (exact) mass is 575 g/mol. The summed E-state index contributed by atoms with van der Waals surface area (Å²) in [5, 5.41) is 6.55. The Hall–Kier alpha value is 0.134. The van der Waals surface area contributed by atoms with Gasteiger partial charge in [-0.1, -0.05) is 0 Å². The maximum Gasteiger partial charge on any atom is 0.697 e. The summed E-state index contributed by atoms with van der Waals surface area (Å²) in [4.78, 5) is 0. The minimum atomic E-state index is -2.59. The van der Waals surface area contributed by atoms with Crippen LogP contribution in [0.25, 0.3) is 0 Å². The van der Waals surface area contributed by atoms with Crippen molar-refractivity contribution in [2.75, 3.05) is 79.0 Å². The van der Waals surface area contributed by atoms with Gasteiger partial charge in [0.05, 0.1) is 0 Å². The molecular formula is C22H52N2O9PSi2+. The van der Waals surface area contributed by atoms with Crippen LogP contribution in [0.15, 0.2) is 0 Å². The molecule has 0 atom stereocenters. The molecule has 14 heteroatoms. The summed E-state index contributed by atoms with van der Waals surface area (Å²) in [6.07, 6.45) is 1.73. The quantitative estimate of drug-likeness (QED) is 0.0808. The third-order valence-corrected chi connectivity index (χ3v) is 11.9. The first-order chi connectivity index (χ1) is 17.5. The fraction of sp³-hybridized carbons (Fsp3) is 1.00. The van der Waals surface area contributed by atoms with Crippen molar-refractivity contribution in [1.82, 2.24) is 10.6 Å². The molecule has 36 heavy (non-hydrogen) atoms. The molecule has 0 aliphatic rings. The van der Waals surface area contributed by atoms with E-state index in [4.69, 9.17) is 35.6 Å². The van der Waals surface area contributed by atoms with Crippen LogP contribution in [0, 0.1) is 0 Å². The highest BCUT2D eigenvalue weighted by Gasteiger charge is 2.40. The Labute approximate surface area is 222 Å². The molecule has 0 amide bonds. The largest absolute Gasteiger partial charge is 0.697 e. The third-order valence-electron chi connectivity index (χ3n) is 4.81. The summed E-state index contributed by atoms with van der Waals surface area (Å²) in [6.45, 7) is 18.5. The van der Waals surface area contributed by atoms with Crippen LogP contribution in [0.5, 0.6) is 0 Å². The fourth-order valence-corrected chi connectivity index (χ4v) is 9.31. The van der Waals surface area contributed by atoms with Crippen LogP contribution >= 0.6 is 8.25 Å². The molecule has 0 saturated carbocycles. The Bertz CT molecular complexity index is 452. The van der Waals surface area contributed by atoms with Crippen molar-refractivity contribution in [2.24, 2.45) is 0 Å². The molecule has 0 rings (SSSR count). The van der Waals surface area contributed by atoms with Crippen molar-refractivity contribution in [3.8, 4) is 0 Å². The van der Waals surface area contributed by atoms with E-state index in [0.29, 0.717) is 65.9 Å². The Balaban J connectivity index is 3.87. The van der Waals surface area contributed by atoms with Crippen LogP contribution in [-0.2, 0) is 40.2 Å². The van der Waals surface area contributed by atoms with Gasteiger partial charge in [0.15, 0.2) is 0 Å². The first-order valence-corrected chi connectivity index (χ1v) is 18.4. The van der Waals surface area contributed by atoms with Crippen molar-refractivity contribution >= 4 is 25.9 Å². The second-order valence-electron chi connectivity index (χ2n) is 7.56. The molecule has 0 bridgehead atoms. The molecule has 0 saturated heterocycles. The highest BCUT2D eigenvalue weighted by Crippen LogP contribution is 2.22. The van der Waals surface area contributed by atoms with Gasteiger partial charge in [-0.15, -0.1) is 9.05 Å². The van der Waals surface area contributed by atoms with E-state index in [1.165, 1.54) is 0 Å². The van der Waals surface area contributed by atoms with Gasteiger partial charge in [-0.05, 0) is 67.5 Å². The predicted molar refractivity (Wildman–Crippen MR) is 145 cm³/mol. The van der Waals surface area contributed by atoms with Crippen LogP contribution in [0.2, 0.25) is 12.1 Å². The van der Waals surface area contributed by atoms with E-state index >= 15 is 0 Å². The van der Waals surface area contributed by atoms with Crippen LogP contribution in [0.3, 0.4) is 0 Å². The van der Waals surface area contributed by atoms with Gasteiger partial charge in [0, 0.05) is 69.4 Å². The molecule has 0 heterocycles. The zero-order chi connectivity index (χ0) is 27.0. The molecule has 0 aliphatic heterocycles. The van der Waals surface area contributed by atoms with Crippen LogP contribution in [-0.4, -0.2) is 96.6 Å². The SMILES string of the molecule is CCO[Si](CCCNCCO[P+](=O)OCCNCCC[Si](OCC)(OCC)OCC)(OCC)OCC. The Morgan fingerprint density at radius 3 is 1.11 bits per heavy atom. The third kappa shape index (κ3) is 17.6. The lowest BCUT2D eigenvalue weighted by Gasteiger charge is -2.28. The zero-order valence-corrected chi connectivity index (χ0v) is 26.3. The summed E-state index contributed by atoms with van der Waals surface area (Å²) >= 11 is 0. The second-order valence-corrected chi connectivity index (χ2v) is 14.0. The van der Waals surface area contributed by atoms with Gasteiger partial charge in [0.1, 0.15) is 13.2 Å². The van der Waals surface area contributed by atoms with Gasteiger partial charge < -0.3 is 37.2 Å². The second kappa shape index (κ2) is 24.2. The van der Waals surface area contributed by atoms with E-state index in [1.807, 2.05) is 41.5 Å². The minimum Gasteiger partial charge on any atom is -0.374 e. The molecule has 0 radical (unpaired) electrons. The number of rotatable bonds is 28. The Morgan fingerprint density at radius 2 is 0.833 bits per heavy atom. The molecule has 216 valence electrons. The van der Waals surface area contributed by atoms with E-state index < -0.39 is 25.9 Å². The molecule has 0 aliphatic carbocycles. The van der Waals surface area contributed by atoms with E-state index in [1.54, 1.807) is 0 Å². The van der Waals surface area contributed by atoms with Gasteiger partial charge in [0.2, 0.25) is 0 Å². The molecule has 11 nitrogen and oxygen atoms in total. The maximum absolute atomic E-state index is 11.9. The smallest absolute Gasteiger partial charge is 0.374 e. The van der Waals surface area contributed by atoms with Crippen LogP contribution < -0.4 is 10.6 Å². The van der Waals surface area contributed by atoms with E-state index in [2.05, 4.69) is 10.6 Å². The lowest BCUT2D eigenvalue weighted by Crippen LogP contribution is -2.46. The highest BCUT2D eigenvalue weighted by molar-refractivity contribution is 7.33. The van der Waals surface area contributed by atoms with Crippen molar-refractivity contribution in [3.63, 3.8) is 0 Å². The summed E-state index contributed by atoms with van der Waals surface area (Å²) in [5.41, 5.74) is 0. The summed E-state index contributed by atoms with van der Waals surface area (Å²) in [7, 11) is -7.31. The number of nitrogens with one attached hydrogen (secondary N) is 2. The molecule has 0 fully saturated rings. The van der Waals surface area contributed by atoms with Crippen molar-refractivity contribution in [1.29, 1.82) is 0 Å². The molecule has 0 unspecified atom stereocenters. The van der Waals surface area contributed by atoms with Gasteiger partial charge in [0.25, 0.3) is 0 Å². The minimum absolute atomic E-state index is 0.312. The molecular weight excluding hydrogens is 523 g/mol. The highest BCUT2D eigenvalue weighted by atomic mass is 31.1. The first-order valence-electron chi connectivity index (χ1n) is 13.4. The van der Waals surface area contributed by atoms with Crippen molar-refractivity contribution < 1.29 is 40.2 Å². The fourth-order valence-electron chi connectivity index (χ4n) is 3.53. The van der Waals surface area contributed by atoms with Gasteiger partial charge >= 0.3 is 25.9 Å². The average Bonchev–Trinajstić information content (AvgIpc) is 2.84. The molecule has 0 aromatic rings. The van der Waals surface area contributed by atoms with Crippen molar-refractivity contribution in [2.45, 2.75) is 66.5 Å².